The number of nitrogens with one attached hydrogen (secondary N) is 1. The number of benzene rings is 2. The van der Waals surface area contributed by atoms with Crippen LogP contribution in [0.15, 0.2) is 48.5 Å². The van der Waals surface area contributed by atoms with Crippen molar-refractivity contribution >= 4 is 17.5 Å². The van der Waals surface area contributed by atoms with Crippen LogP contribution in [-0.4, -0.2) is 36.9 Å². The molecule has 6 nitrogen and oxygen atoms in total. The van der Waals surface area contributed by atoms with Crippen molar-refractivity contribution in [1.82, 2.24) is 4.90 Å². The minimum atomic E-state index is -0.231. The van der Waals surface area contributed by atoms with Crippen molar-refractivity contribution in [2.45, 2.75) is 25.8 Å². The number of hydrogen-bond donors (Lipinski definition) is 2. The lowest BCUT2D eigenvalue weighted by Crippen LogP contribution is -2.40. The van der Waals surface area contributed by atoms with Crippen molar-refractivity contribution in [3.05, 3.63) is 59.7 Å². The normalized spacial score (nSPS) is 17.1. The predicted octanol–water partition coefficient (Wildman–Crippen LogP) is 2.57. The summed E-state index contributed by atoms with van der Waals surface area (Å²) in [4.78, 5) is 26.2. The summed E-state index contributed by atoms with van der Waals surface area (Å²) in [5.41, 5.74) is 8.25. The van der Waals surface area contributed by atoms with Crippen LogP contribution in [0.4, 0.5) is 5.69 Å². The summed E-state index contributed by atoms with van der Waals surface area (Å²) in [7, 11) is 1.62. The van der Waals surface area contributed by atoms with Gasteiger partial charge in [0, 0.05) is 18.8 Å². The van der Waals surface area contributed by atoms with Gasteiger partial charge in [0.05, 0.1) is 19.4 Å². The van der Waals surface area contributed by atoms with Crippen LogP contribution in [0.25, 0.3) is 0 Å². The van der Waals surface area contributed by atoms with E-state index in [1.807, 2.05) is 48.5 Å². The van der Waals surface area contributed by atoms with Crippen molar-refractivity contribution in [2.24, 2.45) is 11.7 Å². The van der Waals surface area contributed by atoms with Crippen LogP contribution < -0.4 is 15.8 Å². The first-order valence-corrected chi connectivity index (χ1v) is 9.57. The van der Waals surface area contributed by atoms with E-state index < -0.39 is 0 Å². The number of rotatable bonds is 7. The SMILES string of the molecule is COc1ccc(CC(=O)Nc2ccccc2CN2CCC[C@@H](C(N)=O)C2)cc1. The Hall–Kier alpha value is -2.86. The molecule has 6 heteroatoms. The third-order valence-corrected chi connectivity index (χ3v) is 5.12. The molecule has 1 atom stereocenters. The van der Waals surface area contributed by atoms with Gasteiger partial charge in [0.1, 0.15) is 5.75 Å². The largest absolute Gasteiger partial charge is 0.497 e. The van der Waals surface area contributed by atoms with Gasteiger partial charge in [0.15, 0.2) is 0 Å². The zero-order chi connectivity index (χ0) is 19.9. The lowest BCUT2D eigenvalue weighted by atomic mass is 9.97. The molecule has 0 aliphatic carbocycles. The Kier molecular flexibility index (Phi) is 6.66. The number of hydrogen-bond acceptors (Lipinski definition) is 4. The number of methoxy groups -OCH3 is 1. The summed E-state index contributed by atoms with van der Waals surface area (Å²) < 4.78 is 5.15. The smallest absolute Gasteiger partial charge is 0.228 e. The van der Waals surface area contributed by atoms with Crippen LogP contribution in [0.1, 0.15) is 24.0 Å². The number of nitrogens with zero attached hydrogens (tertiary/aromatic N) is 1. The molecule has 0 unspecified atom stereocenters. The Bertz CT molecular complexity index is 820. The molecule has 1 heterocycles. The lowest BCUT2D eigenvalue weighted by Gasteiger charge is -2.31. The van der Waals surface area contributed by atoms with E-state index in [-0.39, 0.29) is 17.7 Å². The monoisotopic (exact) mass is 381 g/mol. The molecular formula is C22H27N3O3. The van der Waals surface area contributed by atoms with Crippen LogP contribution in [0, 0.1) is 5.92 Å². The average Bonchev–Trinajstić information content (AvgIpc) is 2.70. The summed E-state index contributed by atoms with van der Waals surface area (Å²) in [5.74, 6) is 0.382. The van der Waals surface area contributed by atoms with Crippen molar-refractivity contribution < 1.29 is 14.3 Å². The number of carbonyl (C=O) groups is 2. The van der Waals surface area contributed by atoms with E-state index in [1.165, 1.54) is 0 Å². The third kappa shape index (κ3) is 5.33. The molecule has 1 fully saturated rings. The Balaban J connectivity index is 1.62. The number of nitrogens with two attached hydrogens (primary N) is 1. The van der Waals surface area contributed by atoms with E-state index in [0.29, 0.717) is 19.5 Å². The number of piperidine rings is 1. The average molecular weight is 381 g/mol. The maximum Gasteiger partial charge on any atom is 0.228 e. The van der Waals surface area contributed by atoms with E-state index >= 15 is 0 Å². The molecule has 2 aromatic rings. The zero-order valence-electron chi connectivity index (χ0n) is 16.2. The molecule has 1 aliphatic heterocycles. The molecule has 3 N–H and O–H groups in total. The fourth-order valence-electron chi connectivity index (χ4n) is 3.58. The highest BCUT2D eigenvalue weighted by atomic mass is 16.5. The van der Waals surface area contributed by atoms with Crippen LogP contribution in [0.3, 0.4) is 0 Å². The van der Waals surface area contributed by atoms with Crippen LogP contribution in [0.2, 0.25) is 0 Å². The fraction of sp³-hybridized carbons (Fsp3) is 0.364. The van der Waals surface area contributed by atoms with E-state index in [4.69, 9.17) is 10.5 Å². The summed E-state index contributed by atoms with van der Waals surface area (Å²) in [5, 5.41) is 3.02. The second-order valence-corrected chi connectivity index (χ2v) is 7.21. The molecule has 0 radical (unpaired) electrons. The van der Waals surface area contributed by atoms with Gasteiger partial charge in [-0.1, -0.05) is 30.3 Å². The number of anilines is 1. The number of primary amides is 1. The van der Waals surface area contributed by atoms with E-state index in [2.05, 4.69) is 10.2 Å². The van der Waals surface area contributed by atoms with Crippen molar-refractivity contribution in [3.8, 4) is 5.75 Å². The van der Waals surface area contributed by atoms with Gasteiger partial charge in [-0.2, -0.15) is 0 Å². The second kappa shape index (κ2) is 9.37. The second-order valence-electron chi connectivity index (χ2n) is 7.21. The van der Waals surface area contributed by atoms with E-state index in [1.54, 1.807) is 7.11 Å². The maximum absolute atomic E-state index is 12.5. The Labute approximate surface area is 165 Å². The molecule has 2 aromatic carbocycles. The third-order valence-electron chi connectivity index (χ3n) is 5.12. The van der Waals surface area contributed by atoms with Gasteiger partial charge in [0.25, 0.3) is 0 Å². The highest BCUT2D eigenvalue weighted by molar-refractivity contribution is 5.93. The molecule has 0 spiro atoms. The van der Waals surface area contributed by atoms with Crippen LogP contribution >= 0.6 is 0 Å². The first kappa shape index (κ1) is 19.9. The van der Waals surface area contributed by atoms with E-state index in [0.717, 1.165) is 42.0 Å². The number of para-hydroxylation sites is 1. The zero-order valence-corrected chi connectivity index (χ0v) is 16.2. The van der Waals surface area contributed by atoms with Gasteiger partial charge < -0.3 is 15.8 Å². The molecule has 0 bridgehead atoms. The summed E-state index contributed by atoms with van der Waals surface area (Å²) in [6.07, 6.45) is 2.11. The molecule has 0 aromatic heterocycles. The maximum atomic E-state index is 12.5. The molecule has 148 valence electrons. The molecule has 1 saturated heterocycles. The molecule has 0 saturated carbocycles. The Morgan fingerprint density at radius 2 is 1.93 bits per heavy atom. The number of carbonyl (C=O) groups excluding carboxylic acids is 2. The quantitative estimate of drug-likeness (QED) is 0.772. The molecule has 28 heavy (non-hydrogen) atoms. The first-order valence-electron chi connectivity index (χ1n) is 9.57. The number of amides is 2. The first-order chi connectivity index (χ1) is 13.5. The Morgan fingerprint density at radius 3 is 2.64 bits per heavy atom. The van der Waals surface area contributed by atoms with Crippen molar-refractivity contribution in [2.75, 3.05) is 25.5 Å². The molecule has 3 rings (SSSR count). The van der Waals surface area contributed by atoms with Crippen molar-refractivity contribution in [3.63, 3.8) is 0 Å². The summed E-state index contributed by atoms with van der Waals surface area (Å²) in [6, 6.07) is 15.3. The summed E-state index contributed by atoms with van der Waals surface area (Å²) in [6.45, 7) is 2.28. The van der Waals surface area contributed by atoms with E-state index in [9.17, 15) is 9.59 Å². The molecule has 2 amide bonds. The lowest BCUT2D eigenvalue weighted by molar-refractivity contribution is -0.123. The molecule has 1 aliphatic rings. The summed E-state index contributed by atoms with van der Waals surface area (Å²) >= 11 is 0. The highest BCUT2D eigenvalue weighted by Gasteiger charge is 2.24. The van der Waals surface area contributed by atoms with Crippen LogP contribution in [-0.2, 0) is 22.6 Å². The van der Waals surface area contributed by atoms with Gasteiger partial charge in [-0.3, -0.25) is 14.5 Å². The molecular weight excluding hydrogens is 354 g/mol. The van der Waals surface area contributed by atoms with Gasteiger partial charge in [-0.05, 0) is 48.7 Å². The standard InChI is InChI=1S/C22H27N3O3/c1-28-19-10-8-16(9-11-19)13-21(26)24-20-7-3-2-5-17(20)14-25-12-4-6-18(15-25)22(23)27/h2-3,5,7-11,18H,4,6,12-15H2,1H3,(H2,23,27)(H,24,26)/t18-/m1/s1. The highest BCUT2D eigenvalue weighted by Crippen LogP contribution is 2.22. The Morgan fingerprint density at radius 1 is 1.18 bits per heavy atom. The van der Waals surface area contributed by atoms with Crippen molar-refractivity contribution in [1.29, 1.82) is 0 Å². The van der Waals surface area contributed by atoms with Gasteiger partial charge in [0.2, 0.25) is 11.8 Å². The topological polar surface area (TPSA) is 84.7 Å². The van der Waals surface area contributed by atoms with Gasteiger partial charge in [-0.25, -0.2) is 0 Å². The number of ether oxygens (including phenoxy) is 1. The minimum absolute atomic E-state index is 0.0636. The van der Waals surface area contributed by atoms with Gasteiger partial charge in [-0.15, -0.1) is 0 Å². The minimum Gasteiger partial charge on any atom is -0.497 e. The van der Waals surface area contributed by atoms with Crippen LogP contribution in [0.5, 0.6) is 5.75 Å². The van der Waals surface area contributed by atoms with Gasteiger partial charge >= 0.3 is 0 Å². The predicted molar refractivity (Wildman–Crippen MR) is 109 cm³/mol. The fourth-order valence-corrected chi connectivity index (χ4v) is 3.58. The number of likely N-dealkylation sites (tertiary alicyclic amines) is 1.